The van der Waals surface area contributed by atoms with E-state index in [0.29, 0.717) is 0 Å². The summed E-state index contributed by atoms with van der Waals surface area (Å²) in [6, 6.07) is -1.66. The summed E-state index contributed by atoms with van der Waals surface area (Å²) >= 11 is 0. The fourth-order valence-corrected chi connectivity index (χ4v) is 1.62. The normalized spacial score (nSPS) is 37.7. The Balaban J connectivity index is 2.81. The highest BCUT2D eigenvalue weighted by atomic mass is 16.7. The molecule has 0 radical (unpaired) electrons. The van der Waals surface area contributed by atoms with E-state index in [-0.39, 0.29) is 6.61 Å². The van der Waals surface area contributed by atoms with Crippen LogP contribution in [0.3, 0.4) is 0 Å². The summed E-state index contributed by atoms with van der Waals surface area (Å²) in [6.45, 7) is 2.81. The lowest BCUT2D eigenvalue weighted by molar-refractivity contribution is -0.565. The van der Waals surface area contributed by atoms with Crippen molar-refractivity contribution in [1.82, 2.24) is 0 Å². The van der Waals surface area contributed by atoms with Crippen LogP contribution in [-0.2, 0) is 9.47 Å². The molecule has 8 nitrogen and oxygen atoms in total. The zero-order valence-electron chi connectivity index (χ0n) is 9.01. The third-order valence-corrected chi connectivity index (χ3v) is 2.47. The van der Waals surface area contributed by atoms with Gasteiger partial charge in [0.2, 0.25) is 0 Å². The van der Waals surface area contributed by atoms with Gasteiger partial charge < -0.3 is 24.8 Å². The van der Waals surface area contributed by atoms with Gasteiger partial charge in [0.1, 0.15) is 6.10 Å². The predicted molar refractivity (Wildman–Crippen MR) is 54.7 cm³/mol. The van der Waals surface area contributed by atoms with Gasteiger partial charge in [-0.3, -0.25) is 10.1 Å². The molecular weight excluding hydrogens is 234 g/mol. The lowest BCUT2D eigenvalue weighted by atomic mass is 9.97. The molecule has 0 saturated carbocycles. The first-order valence-corrected chi connectivity index (χ1v) is 5.01. The van der Waals surface area contributed by atoms with Crippen molar-refractivity contribution in [3.8, 4) is 0 Å². The minimum atomic E-state index is -1.66. The molecule has 0 amide bonds. The van der Waals surface area contributed by atoms with Crippen LogP contribution >= 0.6 is 0 Å². The van der Waals surface area contributed by atoms with Crippen molar-refractivity contribution < 1.29 is 29.7 Å². The molecule has 1 aliphatic heterocycles. The van der Waals surface area contributed by atoms with Gasteiger partial charge in [-0.15, -0.1) is 6.58 Å². The van der Waals surface area contributed by atoms with Crippen molar-refractivity contribution in [1.29, 1.82) is 0 Å². The van der Waals surface area contributed by atoms with Crippen LogP contribution in [0.15, 0.2) is 12.7 Å². The second-order valence-electron chi connectivity index (χ2n) is 3.60. The first-order valence-electron chi connectivity index (χ1n) is 5.01. The van der Waals surface area contributed by atoms with Gasteiger partial charge in [0, 0.05) is 4.92 Å². The number of ether oxygens (including phenoxy) is 2. The summed E-state index contributed by atoms with van der Waals surface area (Å²) < 4.78 is 10.0. The Labute approximate surface area is 97.2 Å². The molecule has 3 N–H and O–H groups in total. The number of hydrogen-bond acceptors (Lipinski definition) is 7. The molecule has 1 rings (SSSR count). The van der Waals surface area contributed by atoms with E-state index < -0.39 is 42.2 Å². The van der Waals surface area contributed by atoms with Crippen molar-refractivity contribution in [2.75, 3.05) is 13.2 Å². The van der Waals surface area contributed by atoms with Gasteiger partial charge in [-0.25, -0.2) is 0 Å². The first-order chi connectivity index (χ1) is 8.02. The zero-order valence-corrected chi connectivity index (χ0v) is 9.01. The van der Waals surface area contributed by atoms with E-state index in [1.165, 1.54) is 6.08 Å². The average Bonchev–Trinajstić information content (AvgIpc) is 2.28. The van der Waals surface area contributed by atoms with Crippen LogP contribution in [0.25, 0.3) is 0 Å². The lowest BCUT2D eigenvalue weighted by Gasteiger charge is -2.37. The molecule has 0 aromatic heterocycles. The third kappa shape index (κ3) is 2.99. The summed E-state index contributed by atoms with van der Waals surface area (Å²) in [4.78, 5) is 9.91. The number of aliphatic hydroxyl groups excluding tert-OH is 3. The highest BCUT2D eigenvalue weighted by Gasteiger charge is 2.51. The van der Waals surface area contributed by atoms with Crippen molar-refractivity contribution in [2.24, 2.45) is 0 Å². The SMILES string of the molecule is C=CCO[C@@H]1O[C@H](CO)[C@@H](O)[C@H]([N+](=O)[O-])[C@H]1O. The highest BCUT2D eigenvalue weighted by molar-refractivity contribution is 4.89. The van der Waals surface area contributed by atoms with Crippen LogP contribution in [-0.4, -0.2) is 64.1 Å². The smallest absolute Gasteiger partial charge is 0.271 e. The minimum Gasteiger partial charge on any atom is -0.394 e. The number of hydrogen-bond donors (Lipinski definition) is 3. The molecule has 0 spiro atoms. The van der Waals surface area contributed by atoms with Crippen LogP contribution in [0.1, 0.15) is 0 Å². The average molecular weight is 249 g/mol. The quantitative estimate of drug-likeness (QED) is 0.300. The van der Waals surface area contributed by atoms with Crippen LogP contribution in [0, 0.1) is 10.1 Å². The van der Waals surface area contributed by atoms with Gasteiger partial charge in [0.25, 0.3) is 6.04 Å². The Morgan fingerprint density at radius 1 is 1.47 bits per heavy atom. The maximum Gasteiger partial charge on any atom is 0.271 e. The molecule has 17 heavy (non-hydrogen) atoms. The Morgan fingerprint density at radius 3 is 2.59 bits per heavy atom. The molecular formula is C9H15NO7. The van der Waals surface area contributed by atoms with E-state index >= 15 is 0 Å². The second kappa shape index (κ2) is 6.03. The van der Waals surface area contributed by atoms with E-state index in [9.17, 15) is 20.3 Å². The molecule has 1 saturated heterocycles. The monoisotopic (exact) mass is 249 g/mol. The molecule has 8 heteroatoms. The maximum absolute atomic E-state index is 10.7. The lowest BCUT2D eigenvalue weighted by Crippen LogP contribution is -2.61. The molecule has 1 aliphatic rings. The van der Waals surface area contributed by atoms with Crippen molar-refractivity contribution in [2.45, 2.75) is 30.6 Å². The van der Waals surface area contributed by atoms with Crippen molar-refractivity contribution in [3.63, 3.8) is 0 Å². The van der Waals surface area contributed by atoms with Gasteiger partial charge in [0.05, 0.1) is 13.2 Å². The zero-order chi connectivity index (χ0) is 13.0. The van der Waals surface area contributed by atoms with E-state index in [1.54, 1.807) is 0 Å². The molecule has 1 fully saturated rings. The van der Waals surface area contributed by atoms with Gasteiger partial charge in [-0.1, -0.05) is 6.08 Å². The van der Waals surface area contributed by atoms with Crippen molar-refractivity contribution >= 4 is 0 Å². The third-order valence-electron chi connectivity index (χ3n) is 2.47. The standard InChI is InChI=1S/C9H15NO7/c1-2-3-16-9-8(13)6(10(14)15)7(12)5(4-11)17-9/h2,5-9,11-13H,1,3-4H2/t5-,6+,7-,8-,9-/m1/s1. The first kappa shape index (κ1) is 14.0. The Morgan fingerprint density at radius 2 is 2.12 bits per heavy atom. The van der Waals surface area contributed by atoms with E-state index in [1.807, 2.05) is 0 Å². The summed E-state index contributed by atoms with van der Waals surface area (Å²) in [5.41, 5.74) is 0. The van der Waals surface area contributed by atoms with Gasteiger partial charge in [-0.05, 0) is 0 Å². The molecule has 98 valence electrons. The summed E-state index contributed by atoms with van der Waals surface area (Å²) in [5.74, 6) is 0. The second-order valence-corrected chi connectivity index (χ2v) is 3.60. The number of rotatable bonds is 5. The Bertz CT molecular complexity index is 285. The Hall–Kier alpha value is -1.06. The largest absolute Gasteiger partial charge is 0.394 e. The molecule has 1 heterocycles. The van der Waals surface area contributed by atoms with Crippen molar-refractivity contribution in [3.05, 3.63) is 22.8 Å². The van der Waals surface area contributed by atoms with Gasteiger partial charge in [-0.2, -0.15) is 0 Å². The molecule has 0 aromatic rings. The van der Waals surface area contributed by atoms with Crippen LogP contribution in [0.5, 0.6) is 0 Å². The highest BCUT2D eigenvalue weighted by Crippen LogP contribution is 2.23. The summed E-state index contributed by atoms with van der Waals surface area (Å²) in [7, 11) is 0. The molecule has 0 unspecified atom stereocenters. The fourth-order valence-electron chi connectivity index (χ4n) is 1.62. The van der Waals surface area contributed by atoms with E-state index in [4.69, 9.17) is 14.6 Å². The summed E-state index contributed by atoms with van der Waals surface area (Å²) in [5, 5.41) is 38.8. The number of nitrogens with zero attached hydrogens (tertiary/aromatic N) is 1. The fraction of sp³-hybridized carbons (Fsp3) is 0.778. The summed E-state index contributed by atoms with van der Waals surface area (Å²) in [6.07, 6.45) is -4.25. The predicted octanol–water partition coefficient (Wildman–Crippen LogP) is -1.73. The van der Waals surface area contributed by atoms with Crippen LogP contribution < -0.4 is 0 Å². The topological polar surface area (TPSA) is 122 Å². The van der Waals surface area contributed by atoms with Gasteiger partial charge >= 0.3 is 0 Å². The van der Waals surface area contributed by atoms with Gasteiger partial charge in [0.15, 0.2) is 18.5 Å². The maximum atomic E-state index is 10.7. The molecule has 5 atom stereocenters. The number of nitro groups is 1. The van der Waals surface area contributed by atoms with Crippen LogP contribution in [0.4, 0.5) is 0 Å². The minimum absolute atomic E-state index is 0.0282. The van der Waals surface area contributed by atoms with E-state index in [0.717, 1.165) is 0 Å². The Kier molecular flexibility index (Phi) is 4.97. The molecule has 0 aromatic carbocycles. The van der Waals surface area contributed by atoms with Crippen LogP contribution in [0.2, 0.25) is 0 Å². The van der Waals surface area contributed by atoms with E-state index in [2.05, 4.69) is 6.58 Å². The number of aliphatic hydroxyl groups is 3. The molecule has 0 aliphatic carbocycles. The molecule has 0 bridgehead atoms.